The van der Waals surface area contributed by atoms with Crippen LogP contribution in [0, 0.1) is 5.92 Å². The van der Waals surface area contributed by atoms with Crippen LogP contribution in [0.2, 0.25) is 0 Å². The standard InChI is InChI=1S/C24H27N3O4S2/c1-16(2)13-26-22(29)19-9-5-6-10-20(19)27-21(28)14-31-23(30)18-8-4-3-7-17(18)15-33-24-25-11-12-32-24/h3-10,16H,11-15H2,1-2H3,(H,26,29)(H,27,28). The van der Waals surface area contributed by atoms with Crippen LogP contribution < -0.4 is 10.6 Å². The molecule has 0 atom stereocenters. The third-order valence-electron chi connectivity index (χ3n) is 4.60. The molecule has 2 aromatic rings. The lowest BCUT2D eigenvalue weighted by Gasteiger charge is -2.13. The van der Waals surface area contributed by atoms with Crippen molar-refractivity contribution in [2.45, 2.75) is 19.6 Å². The van der Waals surface area contributed by atoms with E-state index in [-0.39, 0.29) is 5.91 Å². The number of hydrogen-bond donors (Lipinski definition) is 2. The third-order valence-corrected chi connectivity index (χ3v) is 6.90. The second-order valence-corrected chi connectivity index (χ2v) is 10.0. The second-order valence-electron chi connectivity index (χ2n) is 7.72. The van der Waals surface area contributed by atoms with Crippen LogP contribution in [0.5, 0.6) is 0 Å². The van der Waals surface area contributed by atoms with E-state index in [4.69, 9.17) is 4.74 Å². The maximum absolute atomic E-state index is 12.6. The van der Waals surface area contributed by atoms with Crippen LogP contribution in [-0.2, 0) is 15.3 Å². The molecule has 0 radical (unpaired) electrons. The molecule has 2 aromatic carbocycles. The molecule has 0 fully saturated rings. The summed E-state index contributed by atoms with van der Waals surface area (Å²) in [5.41, 5.74) is 1.98. The fourth-order valence-corrected chi connectivity index (χ4v) is 4.98. The molecule has 174 valence electrons. The molecule has 0 aromatic heterocycles. The number of nitrogens with zero attached hydrogens (tertiary/aromatic N) is 1. The van der Waals surface area contributed by atoms with E-state index in [9.17, 15) is 14.4 Å². The van der Waals surface area contributed by atoms with E-state index in [1.165, 1.54) is 0 Å². The Morgan fingerprint density at radius 3 is 2.55 bits per heavy atom. The highest BCUT2D eigenvalue weighted by Gasteiger charge is 2.17. The Kier molecular flexibility index (Phi) is 9.38. The minimum Gasteiger partial charge on any atom is -0.452 e. The van der Waals surface area contributed by atoms with Crippen molar-refractivity contribution in [2.24, 2.45) is 10.9 Å². The molecule has 33 heavy (non-hydrogen) atoms. The molecule has 2 amide bonds. The topological polar surface area (TPSA) is 96.9 Å². The lowest BCUT2D eigenvalue weighted by Crippen LogP contribution is -2.29. The van der Waals surface area contributed by atoms with Crippen molar-refractivity contribution in [3.8, 4) is 0 Å². The van der Waals surface area contributed by atoms with E-state index in [1.54, 1.807) is 59.9 Å². The van der Waals surface area contributed by atoms with Gasteiger partial charge in [0.15, 0.2) is 6.61 Å². The van der Waals surface area contributed by atoms with Gasteiger partial charge >= 0.3 is 5.97 Å². The zero-order valence-corrected chi connectivity index (χ0v) is 20.3. The zero-order valence-electron chi connectivity index (χ0n) is 18.6. The Bertz CT molecular complexity index is 1040. The summed E-state index contributed by atoms with van der Waals surface area (Å²) in [6, 6.07) is 13.9. The number of para-hydroxylation sites is 1. The number of ether oxygens (including phenoxy) is 1. The lowest BCUT2D eigenvalue weighted by atomic mass is 10.1. The van der Waals surface area contributed by atoms with E-state index in [0.717, 1.165) is 22.2 Å². The summed E-state index contributed by atoms with van der Waals surface area (Å²) < 4.78 is 6.28. The average Bonchev–Trinajstić information content (AvgIpc) is 3.34. The Balaban J connectivity index is 1.56. The fourth-order valence-electron chi connectivity index (χ4n) is 2.96. The van der Waals surface area contributed by atoms with Crippen LogP contribution in [-0.4, -0.2) is 47.6 Å². The molecule has 0 saturated carbocycles. The van der Waals surface area contributed by atoms with Crippen LogP contribution in [0.25, 0.3) is 0 Å². The number of esters is 1. The molecule has 9 heteroatoms. The molecule has 1 aliphatic heterocycles. The van der Waals surface area contributed by atoms with Gasteiger partial charge in [0.1, 0.15) is 4.38 Å². The smallest absolute Gasteiger partial charge is 0.338 e. The predicted molar refractivity (Wildman–Crippen MR) is 135 cm³/mol. The molecule has 2 N–H and O–H groups in total. The van der Waals surface area contributed by atoms with Gasteiger partial charge in [-0.25, -0.2) is 4.79 Å². The van der Waals surface area contributed by atoms with Gasteiger partial charge in [0.25, 0.3) is 11.8 Å². The quantitative estimate of drug-likeness (QED) is 0.517. The molecule has 0 unspecified atom stereocenters. The summed E-state index contributed by atoms with van der Waals surface area (Å²) in [6.45, 7) is 4.91. The van der Waals surface area contributed by atoms with Gasteiger partial charge in [0, 0.05) is 18.1 Å². The summed E-state index contributed by atoms with van der Waals surface area (Å²) >= 11 is 3.31. The van der Waals surface area contributed by atoms with E-state index in [2.05, 4.69) is 15.6 Å². The minimum atomic E-state index is -0.565. The number of rotatable bonds is 9. The molecule has 1 heterocycles. The number of carbonyl (C=O) groups is 3. The number of hydrogen-bond acceptors (Lipinski definition) is 7. The van der Waals surface area contributed by atoms with E-state index < -0.39 is 18.5 Å². The molecule has 0 bridgehead atoms. The van der Waals surface area contributed by atoms with Gasteiger partial charge in [0.2, 0.25) is 0 Å². The summed E-state index contributed by atoms with van der Waals surface area (Å²) in [4.78, 5) is 41.9. The molecule has 0 saturated heterocycles. The van der Waals surface area contributed by atoms with Gasteiger partial charge in [-0.15, -0.1) is 0 Å². The first-order chi connectivity index (χ1) is 15.9. The highest BCUT2D eigenvalue weighted by Crippen LogP contribution is 2.26. The van der Waals surface area contributed by atoms with Crippen molar-refractivity contribution in [3.63, 3.8) is 0 Å². The monoisotopic (exact) mass is 485 g/mol. The molecular weight excluding hydrogens is 458 g/mol. The molecule has 0 spiro atoms. The Morgan fingerprint density at radius 1 is 1.09 bits per heavy atom. The predicted octanol–water partition coefficient (Wildman–Crippen LogP) is 4.20. The van der Waals surface area contributed by atoms with Crippen LogP contribution in [0.1, 0.15) is 40.1 Å². The number of aliphatic imine (C=N–C) groups is 1. The Labute approximate surface area is 202 Å². The number of carbonyl (C=O) groups excluding carboxylic acids is 3. The Morgan fingerprint density at radius 2 is 1.82 bits per heavy atom. The second kappa shape index (κ2) is 12.5. The highest BCUT2D eigenvalue weighted by atomic mass is 32.2. The normalized spacial score (nSPS) is 12.9. The highest BCUT2D eigenvalue weighted by molar-refractivity contribution is 8.38. The van der Waals surface area contributed by atoms with Gasteiger partial charge in [0.05, 0.1) is 23.4 Å². The van der Waals surface area contributed by atoms with Crippen LogP contribution in [0.4, 0.5) is 5.69 Å². The number of thioether (sulfide) groups is 2. The zero-order chi connectivity index (χ0) is 23.6. The Hall–Kier alpha value is -2.78. The lowest BCUT2D eigenvalue weighted by molar-refractivity contribution is -0.119. The molecule has 1 aliphatic rings. The van der Waals surface area contributed by atoms with Crippen molar-refractivity contribution in [1.82, 2.24) is 5.32 Å². The number of nitrogens with one attached hydrogen (secondary N) is 2. The van der Waals surface area contributed by atoms with Gasteiger partial charge < -0.3 is 15.4 Å². The van der Waals surface area contributed by atoms with Gasteiger partial charge in [-0.1, -0.05) is 67.7 Å². The van der Waals surface area contributed by atoms with Crippen LogP contribution >= 0.6 is 23.5 Å². The van der Waals surface area contributed by atoms with Crippen LogP contribution in [0.15, 0.2) is 53.5 Å². The minimum absolute atomic E-state index is 0.270. The largest absolute Gasteiger partial charge is 0.452 e. The molecule has 0 aliphatic carbocycles. The summed E-state index contributed by atoms with van der Waals surface area (Å²) in [5, 5.41) is 5.50. The van der Waals surface area contributed by atoms with Crippen LogP contribution in [0.3, 0.4) is 0 Å². The first kappa shape index (κ1) is 24.9. The fraction of sp³-hybridized carbons (Fsp3) is 0.333. The number of benzene rings is 2. The molecule has 3 rings (SSSR count). The van der Waals surface area contributed by atoms with Crippen molar-refractivity contribution < 1.29 is 19.1 Å². The van der Waals surface area contributed by atoms with Crippen molar-refractivity contribution in [2.75, 3.05) is 30.8 Å². The summed E-state index contributed by atoms with van der Waals surface area (Å²) in [5.74, 6) is 0.543. The maximum atomic E-state index is 12.6. The van der Waals surface area contributed by atoms with Gasteiger partial charge in [-0.3, -0.25) is 14.6 Å². The van der Waals surface area contributed by atoms with Crippen molar-refractivity contribution >= 4 is 51.4 Å². The van der Waals surface area contributed by atoms with Gasteiger partial charge in [-0.2, -0.15) is 0 Å². The molecule has 7 nitrogen and oxygen atoms in total. The van der Waals surface area contributed by atoms with Gasteiger partial charge in [-0.05, 0) is 29.7 Å². The first-order valence-corrected chi connectivity index (χ1v) is 12.6. The van der Waals surface area contributed by atoms with E-state index >= 15 is 0 Å². The maximum Gasteiger partial charge on any atom is 0.338 e. The average molecular weight is 486 g/mol. The number of amides is 2. The summed E-state index contributed by atoms with van der Waals surface area (Å²) in [6.07, 6.45) is 0. The molecular formula is C24H27N3O4S2. The van der Waals surface area contributed by atoms with E-state index in [1.807, 2.05) is 26.0 Å². The van der Waals surface area contributed by atoms with E-state index in [0.29, 0.717) is 35.0 Å². The van der Waals surface area contributed by atoms with Crippen molar-refractivity contribution in [3.05, 3.63) is 65.2 Å². The SMILES string of the molecule is CC(C)CNC(=O)c1ccccc1NC(=O)COC(=O)c1ccccc1CSC1=NCCS1. The third kappa shape index (κ3) is 7.64. The first-order valence-electron chi connectivity index (χ1n) is 10.7. The number of anilines is 1. The summed E-state index contributed by atoms with van der Waals surface area (Å²) in [7, 11) is 0. The van der Waals surface area contributed by atoms with Crippen molar-refractivity contribution in [1.29, 1.82) is 0 Å².